The van der Waals surface area contributed by atoms with Crippen molar-refractivity contribution in [3.63, 3.8) is 0 Å². The van der Waals surface area contributed by atoms with Crippen molar-refractivity contribution in [3.05, 3.63) is 0 Å². The molecule has 0 spiro atoms. The van der Waals surface area contributed by atoms with Gasteiger partial charge in [0.25, 0.3) is 0 Å². The molecular formula is C27H60BNSeSi3. The molecule has 0 bridgehead atoms. The fourth-order valence-corrected chi connectivity index (χ4v) is 120. The van der Waals surface area contributed by atoms with Gasteiger partial charge in [0.15, 0.2) is 0 Å². The third kappa shape index (κ3) is 4.15. The first-order valence-electron chi connectivity index (χ1n) is 13.6. The first kappa shape index (κ1) is 30.4. The predicted octanol–water partition coefficient (Wildman–Crippen LogP) is 8.77. The first-order valence-corrected chi connectivity index (χ1v) is 26.2. The van der Waals surface area contributed by atoms with Crippen LogP contribution in [0.5, 0.6) is 0 Å². The monoisotopic (exact) mass is 573 g/mol. The van der Waals surface area contributed by atoms with Gasteiger partial charge in [0.05, 0.1) is 0 Å². The number of piperidine rings is 1. The molecule has 0 aromatic rings. The van der Waals surface area contributed by atoms with Crippen LogP contribution in [0.25, 0.3) is 0 Å². The van der Waals surface area contributed by atoms with Crippen LogP contribution in [0, 0.1) is 0 Å². The molecule has 0 unspecified atom stereocenters. The Morgan fingerprint density at radius 2 is 0.909 bits per heavy atom. The predicted molar refractivity (Wildman–Crippen MR) is 163 cm³/mol. The van der Waals surface area contributed by atoms with Crippen LogP contribution in [0.2, 0.25) is 33.2 Å². The Bertz CT molecular complexity index is 667. The fraction of sp³-hybridized carbons (Fsp3) is 1.00. The molecule has 0 aliphatic carbocycles. The van der Waals surface area contributed by atoms with Gasteiger partial charge < -0.3 is 0 Å². The summed E-state index contributed by atoms with van der Waals surface area (Å²) in [5.41, 5.74) is -0.966. The molecule has 0 N–H and O–H groups in total. The van der Waals surface area contributed by atoms with E-state index in [0.717, 1.165) is 19.4 Å². The average Bonchev–Trinajstić information content (AvgIpc) is 3.22. The van der Waals surface area contributed by atoms with Crippen molar-refractivity contribution in [3.8, 4) is 0 Å². The second-order valence-electron chi connectivity index (χ2n) is 17.3. The minimum atomic E-state index is -1.71. The Balaban J connectivity index is 3.01. The zero-order valence-electron chi connectivity index (χ0n) is 26.1. The maximum absolute atomic E-state index is 3.20. The van der Waals surface area contributed by atoms with Crippen molar-refractivity contribution >= 4 is 40.2 Å². The van der Waals surface area contributed by atoms with E-state index < -0.39 is 20.8 Å². The van der Waals surface area contributed by atoms with Crippen LogP contribution in [0.4, 0.5) is 0 Å². The molecule has 0 atom stereocenters. The van der Waals surface area contributed by atoms with Gasteiger partial charge in [-0.3, -0.25) is 0 Å². The summed E-state index contributed by atoms with van der Waals surface area (Å²) in [4.78, 5) is 3.20. The van der Waals surface area contributed by atoms with E-state index in [1.54, 1.807) is 0 Å². The molecule has 1 nitrogen and oxygen atoms in total. The second-order valence-corrected chi connectivity index (χ2v) is 54.6. The van der Waals surface area contributed by atoms with E-state index in [1.165, 1.54) is 19.3 Å². The van der Waals surface area contributed by atoms with Crippen LogP contribution >= 0.6 is 0 Å². The molecule has 0 radical (unpaired) electrons. The number of hydrogen-bond donors (Lipinski definition) is 0. The number of rotatable bonds is 3. The Morgan fingerprint density at radius 1 is 0.636 bits per heavy atom. The van der Waals surface area contributed by atoms with Gasteiger partial charge in [0.1, 0.15) is 0 Å². The van der Waals surface area contributed by atoms with Gasteiger partial charge in [-0.1, -0.05) is 0 Å². The van der Waals surface area contributed by atoms with Crippen LogP contribution in [0.15, 0.2) is 0 Å². The molecule has 2 saturated heterocycles. The van der Waals surface area contributed by atoms with Gasteiger partial charge in [0.2, 0.25) is 0 Å². The van der Waals surface area contributed by atoms with Crippen molar-refractivity contribution in [2.24, 2.45) is 0 Å². The summed E-state index contributed by atoms with van der Waals surface area (Å²) in [6.45, 7) is 48.2. The Morgan fingerprint density at radius 3 is 1.15 bits per heavy atom. The summed E-state index contributed by atoms with van der Waals surface area (Å²) in [5.74, 6) is 0. The summed E-state index contributed by atoms with van der Waals surface area (Å²) in [7, 11) is -3.42. The molecule has 2 aliphatic rings. The summed E-state index contributed by atoms with van der Waals surface area (Å²) in [6, 6.07) is 0. The zero-order valence-corrected chi connectivity index (χ0v) is 30.8. The van der Waals surface area contributed by atoms with E-state index in [0.29, 0.717) is 31.2 Å². The van der Waals surface area contributed by atoms with Crippen molar-refractivity contribution in [1.29, 1.82) is 0 Å². The van der Waals surface area contributed by atoms with Crippen LogP contribution < -0.4 is 0 Å². The Hall–Kier alpha value is 1.20. The molecule has 2 heterocycles. The SMILES string of the molecule is CC1(C)CCCC(C)(C)N1B1[Se][Si]1([Si](C)(C(C)(C)C)C(C)(C)C)[Si](C)(C(C)(C)C)C(C)(C)C. The summed E-state index contributed by atoms with van der Waals surface area (Å²) >= 11 is 0.807. The summed E-state index contributed by atoms with van der Waals surface area (Å²) < 4.78 is 0. The van der Waals surface area contributed by atoms with Crippen LogP contribution in [0.3, 0.4) is 0 Å². The van der Waals surface area contributed by atoms with Gasteiger partial charge in [-0.25, -0.2) is 0 Å². The van der Waals surface area contributed by atoms with Crippen molar-refractivity contribution in [2.45, 2.75) is 174 Å². The first-order chi connectivity index (χ1) is 14.2. The standard InChI is InChI=1S/C27H60BNSeSi3/c1-22(2,3)31(17,23(4,5)6)33(32(18,24(7,8)9)25(10,11)12)28(30-33)29-26(13,14)20-19-21-27(29,15)16/h19-21H2,1-18H3. The minimum absolute atomic E-state index is 0.332. The molecule has 2 fully saturated rings. The summed E-state index contributed by atoms with van der Waals surface area (Å²) in [6.07, 6.45) is 4.14. The van der Waals surface area contributed by atoms with E-state index in [1.807, 2.05) is 0 Å². The zero-order chi connectivity index (χ0) is 26.5. The summed E-state index contributed by atoms with van der Waals surface area (Å²) in [5, 5.41) is 2.66. The second kappa shape index (κ2) is 8.10. The van der Waals surface area contributed by atoms with E-state index in [9.17, 15) is 0 Å². The maximum atomic E-state index is 3.20. The van der Waals surface area contributed by atoms with E-state index in [2.05, 4.69) is 129 Å². The van der Waals surface area contributed by atoms with Crippen molar-refractivity contribution < 1.29 is 0 Å². The van der Waals surface area contributed by atoms with Crippen LogP contribution in [-0.4, -0.2) is 56.1 Å². The van der Waals surface area contributed by atoms with Gasteiger partial charge >= 0.3 is 219 Å². The van der Waals surface area contributed by atoms with Crippen LogP contribution in [0.1, 0.15) is 130 Å². The third-order valence-electron chi connectivity index (χ3n) is 11.2. The molecular weight excluding hydrogens is 512 g/mol. The van der Waals surface area contributed by atoms with Gasteiger partial charge in [0, 0.05) is 0 Å². The quantitative estimate of drug-likeness (QED) is 0.306. The fourth-order valence-electron chi connectivity index (χ4n) is 8.73. The van der Waals surface area contributed by atoms with Gasteiger partial charge in [-0.15, -0.1) is 0 Å². The molecule has 194 valence electrons. The van der Waals surface area contributed by atoms with Crippen molar-refractivity contribution in [2.75, 3.05) is 0 Å². The topological polar surface area (TPSA) is 3.24 Å². The average molecular weight is 573 g/mol. The van der Waals surface area contributed by atoms with E-state index >= 15 is 0 Å². The molecule has 33 heavy (non-hydrogen) atoms. The van der Waals surface area contributed by atoms with Gasteiger partial charge in [-0.2, -0.15) is 0 Å². The molecule has 0 saturated carbocycles. The Labute approximate surface area is 218 Å². The molecule has 6 heteroatoms. The molecule has 2 aliphatic heterocycles. The normalized spacial score (nSPS) is 24.7. The third-order valence-corrected chi connectivity index (χ3v) is 84.3. The van der Waals surface area contributed by atoms with Crippen molar-refractivity contribution in [1.82, 2.24) is 4.81 Å². The molecule has 0 aromatic carbocycles. The van der Waals surface area contributed by atoms with Gasteiger partial charge in [-0.05, 0) is 0 Å². The number of nitrogens with zero attached hydrogens (tertiary/aromatic N) is 1. The molecule has 0 aromatic heterocycles. The molecule has 2 rings (SSSR count). The number of hydrogen-bond acceptors (Lipinski definition) is 1. The Kier molecular flexibility index (Phi) is 7.46. The van der Waals surface area contributed by atoms with Crippen LogP contribution in [-0.2, 0) is 0 Å². The molecule has 0 amide bonds. The van der Waals surface area contributed by atoms with E-state index in [4.69, 9.17) is 0 Å². The van der Waals surface area contributed by atoms with E-state index in [-0.39, 0.29) is 0 Å².